The fourth-order valence-electron chi connectivity index (χ4n) is 1.42. The smallest absolute Gasteiger partial charge is 0.343 e. The number of ether oxygens (including phenoxy) is 1. The van der Waals surface area contributed by atoms with E-state index in [0.717, 1.165) is 5.01 Å². The lowest BCUT2D eigenvalue weighted by Crippen LogP contribution is -2.46. The normalized spacial score (nSPS) is 14.3. The summed E-state index contributed by atoms with van der Waals surface area (Å²) in [4.78, 5) is 33.6. The molecule has 2 rings (SSSR count). The molecule has 19 heavy (non-hydrogen) atoms. The minimum Gasteiger partial charge on any atom is -0.482 e. The molecule has 1 aromatic rings. The SMILES string of the molecule is O=C1CN(NC(=O)COc2ccccc2Cl)C(=O)N1. The van der Waals surface area contributed by atoms with Gasteiger partial charge in [-0.3, -0.25) is 20.3 Å². The highest BCUT2D eigenvalue weighted by atomic mass is 35.5. The molecule has 1 aromatic carbocycles. The van der Waals surface area contributed by atoms with E-state index in [0.29, 0.717) is 10.8 Å². The zero-order valence-electron chi connectivity index (χ0n) is 9.68. The van der Waals surface area contributed by atoms with Gasteiger partial charge in [-0.05, 0) is 12.1 Å². The average Bonchev–Trinajstić information content (AvgIpc) is 2.67. The van der Waals surface area contributed by atoms with Crippen molar-refractivity contribution in [1.29, 1.82) is 0 Å². The van der Waals surface area contributed by atoms with E-state index < -0.39 is 17.8 Å². The molecule has 1 saturated heterocycles. The standard InChI is InChI=1S/C11H10ClN3O4/c12-7-3-1-2-4-8(7)19-6-10(17)14-15-5-9(16)13-11(15)18/h1-4H,5-6H2,(H,14,17)(H,13,16,18). The van der Waals surface area contributed by atoms with Gasteiger partial charge in [-0.25, -0.2) is 9.80 Å². The summed E-state index contributed by atoms with van der Waals surface area (Å²) in [5.41, 5.74) is 2.24. The summed E-state index contributed by atoms with van der Waals surface area (Å²) < 4.78 is 5.18. The Bertz CT molecular complexity index is 534. The highest BCUT2D eigenvalue weighted by Gasteiger charge is 2.28. The minimum atomic E-state index is -0.670. The third kappa shape index (κ3) is 3.35. The van der Waals surface area contributed by atoms with Crippen LogP contribution in [0.15, 0.2) is 24.3 Å². The van der Waals surface area contributed by atoms with Crippen molar-refractivity contribution in [3.05, 3.63) is 29.3 Å². The van der Waals surface area contributed by atoms with Gasteiger partial charge in [0.2, 0.25) is 5.91 Å². The number of imide groups is 1. The number of amides is 4. The van der Waals surface area contributed by atoms with Crippen molar-refractivity contribution in [3.63, 3.8) is 0 Å². The monoisotopic (exact) mass is 283 g/mol. The van der Waals surface area contributed by atoms with Crippen LogP contribution in [0.4, 0.5) is 4.79 Å². The Balaban J connectivity index is 1.84. The maximum Gasteiger partial charge on any atom is 0.343 e. The number of hydrogen-bond acceptors (Lipinski definition) is 4. The Labute approximate surface area is 113 Å². The highest BCUT2D eigenvalue weighted by molar-refractivity contribution is 6.32. The molecule has 1 aliphatic rings. The van der Waals surface area contributed by atoms with Gasteiger partial charge in [0.25, 0.3) is 5.91 Å². The largest absolute Gasteiger partial charge is 0.482 e. The van der Waals surface area contributed by atoms with Crippen molar-refractivity contribution in [2.24, 2.45) is 0 Å². The van der Waals surface area contributed by atoms with Crippen LogP contribution < -0.4 is 15.5 Å². The molecule has 100 valence electrons. The van der Waals surface area contributed by atoms with Crippen LogP contribution in [-0.4, -0.2) is 36.0 Å². The van der Waals surface area contributed by atoms with Crippen molar-refractivity contribution < 1.29 is 19.1 Å². The zero-order chi connectivity index (χ0) is 13.8. The fourth-order valence-corrected chi connectivity index (χ4v) is 1.61. The lowest BCUT2D eigenvalue weighted by molar-refractivity contribution is -0.127. The summed E-state index contributed by atoms with van der Waals surface area (Å²) in [5, 5.41) is 3.28. The Morgan fingerprint density at radius 1 is 1.42 bits per heavy atom. The van der Waals surface area contributed by atoms with Gasteiger partial charge in [0, 0.05) is 0 Å². The van der Waals surface area contributed by atoms with E-state index in [1.165, 1.54) is 0 Å². The molecule has 0 spiro atoms. The summed E-state index contributed by atoms with van der Waals surface area (Å²) in [6.45, 7) is -0.529. The first-order valence-corrected chi connectivity index (χ1v) is 5.72. The second-order valence-corrected chi connectivity index (χ2v) is 4.10. The summed E-state index contributed by atoms with van der Waals surface area (Å²) in [5.74, 6) is -0.677. The van der Waals surface area contributed by atoms with Crippen LogP contribution in [0.1, 0.15) is 0 Å². The number of rotatable bonds is 4. The van der Waals surface area contributed by atoms with Crippen LogP contribution in [-0.2, 0) is 9.59 Å². The second-order valence-electron chi connectivity index (χ2n) is 3.69. The van der Waals surface area contributed by atoms with Gasteiger partial charge in [-0.15, -0.1) is 0 Å². The molecule has 0 aliphatic carbocycles. The predicted molar refractivity (Wildman–Crippen MR) is 65.3 cm³/mol. The van der Waals surface area contributed by atoms with E-state index in [1.807, 2.05) is 5.32 Å². The molecule has 0 unspecified atom stereocenters. The van der Waals surface area contributed by atoms with Crippen molar-refractivity contribution in [3.8, 4) is 5.75 Å². The number of carbonyl (C=O) groups excluding carboxylic acids is 3. The summed E-state index contributed by atoms with van der Waals surface area (Å²) >= 11 is 5.84. The van der Waals surface area contributed by atoms with Crippen LogP contribution in [0, 0.1) is 0 Å². The molecule has 0 aromatic heterocycles. The molecule has 1 fully saturated rings. The average molecular weight is 284 g/mol. The van der Waals surface area contributed by atoms with Gasteiger partial charge in [0.1, 0.15) is 12.3 Å². The first-order chi connectivity index (χ1) is 9.06. The Morgan fingerprint density at radius 2 is 2.16 bits per heavy atom. The first-order valence-electron chi connectivity index (χ1n) is 5.34. The van der Waals surface area contributed by atoms with Crippen LogP contribution in [0.5, 0.6) is 5.75 Å². The van der Waals surface area contributed by atoms with Gasteiger partial charge in [-0.2, -0.15) is 0 Å². The molecule has 1 aliphatic heterocycles. The number of halogens is 1. The topological polar surface area (TPSA) is 87.7 Å². The molecular weight excluding hydrogens is 274 g/mol. The summed E-state index contributed by atoms with van der Waals surface area (Å²) in [6.07, 6.45) is 0. The molecule has 0 bridgehead atoms. The van der Waals surface area contributed by atoms with Crippen molar-refractivity contribution in [1.82, 2.24) is 15.8 Å². The Morgan fingerprint density at radius 3 is 2.79 bits per heavy atom. The second kappa shape index (κ2) is 5.57. The van der Waals surface area contributed by atoms with Gasteiger partial charge in [-0.1, -0.05) is 23.7 Å². The lowest BCUT2D eigenvalue weighted by Gasteiger charge is -2.14. The van der Waals surface area contributed by atoms with Crippen molar-refractivity contribution in [2.75, 3.05) is 13.2 Å². The Kier molecular flexibility index (Phi) is 3.86. The van der Waals surface area contributed by atoms with E-state index >= 15 is 0 Å². The molecule has 0 radical (unpaired) electrons. The number of carbonyl (C=O) groups is 3. The van der Waals surface area contributed by atoms with E-state index in [1.54, 1.807) is 24.3 Å². The van der Waals surface area contributed by atoms with E-state index in [-0.39, 0.29) is 13.2 Å². The first kappa shape index (κ1) is 13.2. The van der Waals surface area contributed by atoms with Gasteiger partial charge in [0.15, 0.2) is 6.61 Å². The number of urea groups is 1. The van der Waals surface area contributed by atoms with Crippen molar-refractivity contribution >= 4 is 29.4 Å². The highest BCUT2D eigenvalue weighted by Crippen LogP contribution is 2.22. The molecular formula is C11H10ClN3O4. The van der Waals surface area contributed by atoms with E-state index in [4.69, 9.17) is 16.3 Å². The number of nitrogens with one attached hydrogen (secondary N) is 2. The summed E-state index contributed by atoms with van der Waals surface area (Å²) in [7, 11) is 0. The van der Waals surface area contributed by atoms with E-state index in [9.17, 15) is 14.4 Å². The molecule has 2 N–H and O–H groups in total. The van der Waals surface area contributed by atoms with Crippen molar-refractivity contribution in [2.45, 2.75) is 0 Å². The molecule has 1 heterocycles. The maximum atomic E-state index is 11.5. The maximum absolute atomic E-state index is 11.5. The third-order valence-corrected chi connectivity index (χ3v) is 2.56. The zero-order valence-corrected chi connectivity index (χ0v) is 10.4. The molecule has 0 saturated carbocycles. The number of para-hydroxylation sites is 1. The lowest BCUT2D eigenvalue weighted by atomic mass is 10.3. The Hall–Kier alpha value is -2.28. The molecule has 4 amide bonds. The van der Waals surface area contributed by atoms with Crippen LogP contribution in [0.25, 0.3) is 0 Å². The van der Waals surface area contributed by atoms with Gasteiger partial charge in [0.05, 0.1) is 5.02 Å². The van der Waals surface area contributed by atoms with Gasteiger partial charge < -0.3 is 4.74 Å². The number of nitrogens with zero attached hydrogens (tertiary/aromatic N) is 1. The predicted octanol–water partition coefficient (Wildman–Crippen LogP) is 0.302. The number of benzene rings is 1. The molecule has 0 atom stereocenters. The minimum absolute atomic E-state index is 0.212. The quantitative estimate of drug-likeness (QED) is 0.778. The molecule has 8 heteroatoms. The summed E-state index contributed by atoms with van der Waals surface area (Å²) in [6, 6.07) is 6.01. The van der Waals surface area contributed by atoms with E-state index in [2.05, 4.69) is 5.43 Å². The van der Waals surface area contributed by atoms with Crippen LogP contribution in [0.3, 0.4) is 0 Å². The van der Waals surface area contributed by atoms with Crippen LogP contribution in [0.2, 0.25) is 5.02 Å². The third-order valence-electron chi connectivity index (χ3n) is 2.25. The van der Waals surface area contributed by atoms with Gasteiger partial charge >= 0.3 is 6.03 Å². The fraction of sp³-hybridized carbons (Fsp3) is 0.182. The molecule has 7 nitrogen and oxygen atoms in total. The number of hydrazine groups is 1. The van der Waals surface area contributed by atoms with Crippen LogP contribution >= 0.6 is 11.6 Å². The number of hydrogen-bond donors (Lipinski definition) is 2.